The number of rotatable bonds is 6. The normalized spacial score (nSPS) is 19.7. The topological polar surface area (TPSA) is 41.6 Å². The Bertz CT molecular complexity index is 367. The molecule has 1 amide bonds. The number of ether oxygens (including phenoxy) is 1. The highest BCUT2D eigenvalue weighted by Gasteiger charge is 2.30. The number of nitrogens with zero attached hydrogens (tertiary/aromatic N) is 1. The predicted molar refractivity (Wildman–Crippen MR) is 83.4 cm³/mol. The van der Waals surface area contributed by atoms with Crippen LogP contribution in [-0.2, 0) is 4.74 Å². The maximum absolute atomic E-state index is 12.2. The number of carbonyl (C=O) groups excluding carboxylic acids is 1. The molecule has 1 aliphatic heterocycles. The van der Waals surface area contributed by atoms with E-state index in [4.69, 9.17) is 4.74 Å². The summed E-state index contributed by atoms with van der Waals surface area (Å²) in [5.41, 5.74) is -0.524. The minimum absolute atomic E-state index is 0.0567. The van der Waals surface area contributed by atoms with E-state index in [1.165, 1.54) is 0 Å². The van der Waals surface area contributed by atoms with E-state index in [1.807, 2.05) is 20.8 Å². The van der Waals surface area contributed by atoms with Crippen LogP contribution in [-0.4, -0.2) is 48.4 Å². The van der Waals surface area contributed by atoms with Gasteiger partial charge in [-0.25, -0.2) is 4.79 Å². The van der Waals surface area contributed by atoms with Crippen LogP contribution < -0.4 is 5.32 Å². The number of amides is 1. The van der Waals surface area contributed by atoms with E-state index in [-0.39, 0.29) is 18.6 Å². The van der Waals surface area contributed by atoms with Crippen LogP contribution in [0.4, 0.5) is 18.0 Å². The van der Waals surface area contributed by atoms with Crippen LogP contribution in [0.3, 0.4) is 0 Å². The number of halogens is 3. The molecule has 1 unspecified atom stereocenters. The second kappa shape index (κ2) is 8.76. The van der Waals surface area contributed by atoms with Crippen molar-refractivity contribution >= 4 is 6.09 Å². The Balaban J connectivity index is 2.31. The van der Waals surface area contributed by atoms with E-state index >= 15 is 0 Å². The standard InChI is InChI=1S/C16H29F3N2O2/c1-15(2,3)23-14(22)21-11-7-4-8-13(21)12-20-10-6-5-9-16(17,18)19/h13,20H,4-12H2,1-3H3. The number of nitrogens with one attached hydrogen (secondary N) is 1. The Kier molecular flexibility index (Phi) is 7.64. The summed E-state index contributed by atoms with van der Waals surface area (Å²) in [7, 11) is 0. The third-order valence-corrected chi connectivity index (χ3v) is 3.70. The molecule has 0 aromatic carbocycles. The smallest absolute Gasteiger partial charge is 0.410 e. The van der Waals surface area contributed by atoms with Crippen LogP contribution in [0.2, 0.25) is 0 Å². The monoisotopic (exact) mass is 338 g/mol. The largest absolute Gasteiger partial charge is 0.444 e. The van der Waals surface area contributed by atoms with Gasteiger partial charge in [0.25, 0.3) is 0 Å². The first-order valence-electron chi connectivity index (χ1n) is 8.35. The molecule has 1 N–H and O–H groups in total. The highest BCUT2D eigenvalue weighted by molar-refractivity contribution is 5.68. The molecule has 4 nitrogen and oxygen atoms in total. The van der Waals surface area contributed by atoms with Gasteiger partial charge in [0, 0.05) is 25.6 Å². The zero-order valence-electron chi connectivity index (χ0n) is 14.3. The van der Waals surface area contributed by atoms with E-state index in [2.05, 4.69) is 5.32 Å². The predicted octanol–water partition coefficient (Wildman–Crippen LogP) is 4.10. The summed E-state index contributed by atoms with van der Waals surface area (Å²) in [6.07, 6.45) is -1.58. The molecular formula is C16H29F3N2O2. The van der Waals surface area contributed by atoms with Crippen LogP contribution >= 0.6 is 0 Å². The van der Waals surface area contributed by atoms with E-state index in [0.29, 0.717) is 26.1 Å². The maximum Gasteiger partial charge on any atom is 0.410 e. The van der Waals surface area contributed by atoms with E-state index in [9.17, 15) is 18.0 Å². The quantitative estimate of drug-likeness (QED) is 0.742. The van der Waals surface area contributed by atoms with Gasteiger partial charge in [-0.15, -0.1) is 0 Å². The highest BCUT2D eigenvalue weighted by Crippen LogP contribution is 2.22. The number of likely N-dealkylation sites (tertiary alicyclic amines) is 1. The number of unbranched alkanes of at least 4 members (excludes halogenated alkanes) is 1. The first kappa shape index (κ1) is 20.1. The van der Waals surface area contributed by atoms with Crippen molar-refractivity contribution in [1.29, 1.82) is 0 Å². The number of carbonyl (C=O) groups is 1. The lowest BCUT2D eigenvalue weighted by molar-refractivity contribution is -0.135. The molecule has 1 fully saturated rings. The fourth-order valence-electron chi connectivity index (χ4n) is 2.62. The molecular weight excluding hydrogens is 309 g/mol. The SMILES string of the molecule is CC(C)(C)OC(=O)N1CCCCC1CNCCCCC(F)(F)F. The average Bonchev–Trinajstić information content (AvgIpc) is 2.40. The Morgan fingerprint density at radius 1 is 1.22 bits per heavy atom. The van der Waals surface area contributed by atoms with Gasteiger partial charge in [-0.3, -0.25) is 0 Å². The molecule has 1 atom stereocenters. The van der Waals surface area contributed by atoms with Crippen molar-refractivity contribution in [3.8, 4) is 0 Å². The Hall–Kier alpha value is -0.980. The summed E-state index contributed by atoms with van der Waals surface area (Å²) in [5.74, 6) is 0. The highest BCUT2D eigenvalue weighted by atomic mass is 19.4. The number of hydrogen-bond donors (Lipinski definition) is 1. The van der Waals surface area contributed by atoms with Crippen LogP contribution in [0.25, 0.3) is 0 Å². The molecule has 0 radical (unpaired) electrons. The summed E-state index contributed by atoms with van der Waals surface area (Å²) in [5, 5.41) is 3.17. The summed E-state index contributed by atoms with van der Waals surface area (Å²) in [4.78, 5) is 14.0. The molecule has 0 spiro atoms. The van der Waals surface area contributed by atoms with Gasteiger partial charge in [0.2, 0.25) is 0 Å². The molecule has 0 aliphatic carbocycles. The summed E-state index contributed by atoms with van der Waals surface area (Å²) in [6.45, 7) is 7.32. The van der Waals surface area contributed by atoms with Crippen LogP contribution in [0.1, 0.15) is 59.3 Å². The summed E-state index contributed by atoms with van der Waals surface area (Å²) >= 11 is 0. The van der Waals surface area contributed by atoms with E-state index in [1.54, 1.807) is 4.90 Å². The average molecular weight is 338 g/mol. The second-order valence-electron chi connectivity index (χ2n) is 7.10. The number of piperidine rings is 1. The van der Waals surface area contributed by atoms with Gasteiger partial charge in [-0.2, -0.15) is 13.2 Å². The molecule has 1 saturated heterocycles. The van der Waals surface area contributed by atoms with Crippen molar-refractivity contribution in [3.63, 3.8) is 0 Å². The third kappa shape index (κ3) is 9.03. The van der Waals surface area contributed by atoms with Gasteiger partial charge in [-0.1, -0.05) is 0 Å². The van der Waals surface area contributed by atoms with Crippen molar-refractivity contribution in [2.45, 2.75) is 77.1 Å². The lowest BCUT2D eigenvalue weighted by Crippen LogP contribution is -2.50. The minimum atomic E-state index is -4.07. The van der Waals surface area contributed by atoms with Gasteiger partial charge < -0.3 is 15.0 Å². The Morgan fingerprint density at radius 3 is 2.52 bits per heavy atom. The van der Waals surface area contributed by atoms with Gasteiger partial charge >= 0.3 is 12.3 Å². The van der Waals surface area contributed by atoms with Crippen molar-refractivity contribution in [3.05, 3.63) is 0 Å². The van der Waals surface area contributed by atoms with Gasteiger partial charge in [0.05, 0.1) is 0 Å². The fraction of sp³-hybridized carbons (Fsp3) is 0.938. The molecule has 0 saturated carbocycles. The number of hydrogen-bond acceptors (Lipinski definition) is 3. The molecule has 1 heterocycles. The van der Waals surface area contributed by atoms with Crippen molar-refractivity contribution in [1.82, 2.24) is 10.2 Å². The lowest BCUT2D eigenvalue weighted by atomic mass is 10.0. The molecule has 1 rings (SSSR count). The fourth-order valence-corrected chi connectivity index (χ4v) is 2.62. The molecule has 1 aliphatic rings. The van der Waals surface area contributed by atoms with E-state index in [0.717, 1.165) is 19.3 Å². The second-order valence-corrected chi connectivity index (χ2v) is 7.10. The minimum Gasteiger partial charge on any atom is -0.444 e. The zero-order chi connectivity index (χ0) is 17.5. The molecule has 23 heavy (non-hydrogen) atoms. The zero-order valence-corrected chi connectivity index (χ0v) is 14.3. The first-order valence-corrected chi connectivity index (χ1v) is 8.35. The van der Waals surface area contributed by atoms with Crippen molar-refractivity contribution in [2.24, 2.45) is 0 Å². The summed E-state index contributed by atoms with van der Waals surface area (Å²) < 4.78 is 41.6. The van der Waals surface area contributed by atoms with Crippen molar-refractivity contribution < 1.29 is 22.7 Å². The third-order valence-electron chi connectivity index (χ3n) is 3.70. The molecule has 0 aromatic heterocycles. The van der Waals surface area contributed by atoms with Crippen LogP contribution in [0.15, 0.2) is 0 Å². The lowest BCUT2D eigenvalue weighted by Gasteiger charge is -2.37. The number of alkyl halides is 3. The Morgan fingerprint density at radius 2 is 1.91 bits per heavy atom. The van der Waals surface area contributed by atoms with Crippen molar-refractivity contribution in [2.75, 3.05) is 19.6 Å². The summed E-state index contributed by atoms with van der Waals surface area (Å²) in [6, 6.07) is 0.0567. The molecule has 0 aromatic rings. The Labute approximate surface area is 136 Å². The van der Waals surface area contributed by atoms with Gasteiger partial charge in [-0.05, 0) is 59.4 Å². The molecule has 136 valence electrons. The first-order chi connectivity index (χ1) is 10.6. The van der Waals surface area contributed by atoms with Gasteiger partial charge in [0.1, 0.15) is 5.60 Å². The van der Waals surface area contributed by atoms with Crippen LogP contribution in [0.5, 0.6) is 0 Å². The maximum atomic E-state index is 12.2. The van der Waals surface area contributed by atoms with Crippen LogP contribution in [0, 0.1) is 0 Å². The van der Waals surface area contributed by atoms with E-state index < -0.39 is 18.2 Å². The van der Waals surface area contributed by atoms with Gasteiger partial charge in [0.15, 0.2) is 0 Å². The molecule has 0 bridgehead atoms. The molecule has 7 heteroatoms.